The van der Waals surface area contributed by atoms with E-state index >= 15 is 0 Å². The Kier molecular flexibility index (Phi) is 4.79. The van der Waals surface area contributed by atoms with Crippen molar-refractivity contribution in [3.8, 4) is 5.75 Å². The third-order valence-corrected chi connectivity index (χ3v) is 2.03. The van der Waals surface area contributed by atoms with Crippen LogP contribution < -0.4 is 0 Å². The van der Waals surface area contributed by atoms with E-state index in [0.717, 1.165) is 0 Å². The van der Waals surface area contributed by atoms with E-state index in [2.05, 4.69) is 0 Å². The summed E-state index contributed by atoms with van der Waals surface area (Å²) < 4.78 is 10.2. The molecule has 4 nitrogen and oxygen atoms in total. The summed E-state index contributed by atoms with van der Waals surface area (Å²) in [6.45, 7) is 4.30. The highest BCUT2D eigenvalue weighted by Crippen LogP contribution is 2.21. The molecule has 0 heterocycles. The van der Waals surface area contributed by atoms with Gasteiger partial charge in [0.2, 0.25) is 0 Å². The highest BCUT2D eigenvalue weighted by atomic mass is 16.6. The van der Waals surface area contributed by atoms with Crippen LogP contribution in [0.15, 0.2) is 24.3 Å². The zero-order chi connectivity index (χ0) is 12.0. The third-order valence-electron chi connectivity index (χ3n) is 2.03. The Labute approximate surface area is 94.8 Å². The van der Waals surface area contributed by atoms with Gasteiger partial charge in [-0.2, -0.15) is 0 Å². The van der Waals surface area contributed by atoms with E-state index in [0.29, 0.717) is 18.8 Å². The standard InChI is InChI=1S/C12H16O4/c1-3-15-11(12(14)16-4-2)9-5-7-10(13)8-6-9/h5-8,11,13H,3-4H2,1-2H3. The van der Waals surface area contributed by atoms with Gasteiger partial charge in [-0.3, -0.25) is 0 Å². The van der Waals surface area contributed by atoms with E-state index in [-0.39, 0.29) is 5.75 Å². The zero-order valence-corrected chi connectivity index (χ0v) is 9.47. The number of hydrogen-bond acceptors (Lipinski definition) is 4. The summed E-state index contributed by atoms with van der Waals surface area (Å²) in [4.78, 5) is 11.6. The van der Waals surface area contributed by atoms with Crippen molar-refractivity contribution in [2.75, 3.05) is 13.2 Å². The molecular weight excluding hydrogens is 208 g/mol. The van der Waals surface area contributed by atoms with Crippen LogP contribution in [0.5, 0.6) is 5.75 Å². The smallest absolute Gasteiger partial charge is 0.339 e. The maximum atomic E-state index is 11.6. The van der Waals surface area contributed by atoms with Crippen molar-refractivity contribution in [1.29, 1.82) is 0 Å². The molecule has 88 valence electrons. The second-order valence-electron chi connectivity index (χ2n) is 3.18. The van der Waals surface area contributed by atoms with E-state index in [1.807, 2.05) is 6.92 Å². The highest BCUT2D eigenvalue weighted by molar-refractivity contribution is 5.76. The Hall–Kier alpha value is -1.55. The quantitative estimate of drug-likeness (QED) is 0.777. The lowest BCUT2D eigenvalue weighted by Gasteiger charge is -2.15. The summed E-state index contributed by atoms with van der Waals surface area (Å²) in [5, 5.41) is 9.15. The van der Waals surface area contributed by atoms with Gasteiger partial charge in [-0.05, 0) is 31.5 Å². The van der Waals surface area contributed by atoms with Crippen LogP contribution in [0.2, 0.25) is 0 Å². The molecule has 0 amide bonds. The molecule has 0 aliphatic heterocycles. The van der Waals surface area contributed by atoms with E-state index in [4.69, 9.17) is 14.6 Å². The fraction of sp³-hybridized carbons (Fsp3) is 0.417. The number of benzene rings is 1. The summed E-state index contributed by atoms with van der Waals surface area (Å²) in [7, 11) is 0. The zero-order valence-electron chi connectivity index (χ0n) is 9.47. The molecular formula is C12H16O4. The number of phenolic OH excluding ortho intramolecular Hbond substituents is 1. The van der Waals surface area contributed by atoms with Gasteiger partial charge in [0, 0.05) is 6.61 Å². The highest BCUT2D eigenvalue weighted by Gasteiger charge is 2.21. The van der Waals surface area contributed by atoms with Crippen molar-refractivity contribution in [2.24, 2.45) is 0 Å². The van der Waals surface area contributed by atoms with E-state index in [1.165, 1.54) is 12.1 Å². The minimum absolute atomic E-state index is 0.155. The predicted octanol–water partition coefficient (Wildman–Crippen LogP) is 2.03. The number of phenols is 1. The lowest BCUT2D eigenvalue weighted by Crippen LogP contribution is -2.18. The fourth-order valence-electron chi connectivity index (χ4n) is 1.33. The van der Waals surface area contributed by atoms with Crippen LogP contribution in [-0.4, -0.2) is 24.3 Å². The number of carbonyl (C=O) groups excluding carboxylic acids is 1. The maximum Gasteiger partial charge on any atom is 0.339 e. The minimum atomic E-state index is -0.717. The molecule has 0 aromatic heterocycles. The van der Waals surface area contributed by atoms with Crippen molar-refractivity contribution in [3.63, 3.8) is 0 Å². The van der Waals surface area contributed by atoms with Gasteiger partial charge in [-0.1, -0.05) is 12.1 Å². The van der Waals surface area contributed by atoms with Crippen LogP contribution in [0.3, 0.4) is 0 Å². The average Bonchev–Trinajstić information content (AvgIpc) is 2.28. The molecule has 1 unspecified atom stereocenters. The fourth-order valence-corrected chi connectivity index (χ4v) is 1.33. The van der Waals surface area contributed by atoms with Crippen LogP contribution in [0.25, 0.3) is 0 Å². The molecule has 0 radical (unpaired) electrons. The van der Waals surface area contributed by atoms with Crippen LogP contribution in [-0.2, 0) is 14.3 Å². The minimum Gasteiger partial charge on any atom is -0.508 e. The second-order valence-corrected chi connectivity index (χ2v) is 3.18. The average molecular weight is 224 g/mol. The molecule has 1 rings (SSSR count). The number of ether oxygens (including phenoxy) is 2. The number of carbonyl (C=O) groups is 1. The van der Waals surface area contributed by atoms with Crippen molar-refractivity contribution in [1.82, 2.24) is 0 Å². The number of hydrogen-bond donors (Lipinski definition) is 1. The van der Waals surface area contributed by atoms with Gasteiger partial charge in [-0.25, -0.2) is 4.79 Å². The lowest BCUT2D eigenvalue weighted by atomic mass is 10.1. The van der Waals surface area contributed by atoms with Gasteiger partial charge in [0.15, 0.2) is 6.10 Å². The molecule has 1 N–H and O–H groups in total. The summed E-state index contributed by atoms with van der Waals surface area (Å²) >= 11 is 0. The molecule has 0 saturated carbocycles. The molecule has 1 atom stereocenters. The van der Waals surface area contributed by atoms with E-state index in [9.17, 15) is 4.79 Å². The Morgan fingerprint density at radius 1 is 1.25 bits per heavy atom. The predicted molar refractivity (Wildman–Crippen MR) is 59.1 cm³/mol. The monoisotopic (exact) mass is 224 g/mol. The third kappa shape index (κ3) is 3.24. The summed E-state index contributed by atoms with van der Waals surface area (Å²) in [5.41, 5.74) is 0.679. The van der Waals surface area contributed by atoms with Gasteiger partial charge in [-0.15, -0.1) is 0 Å². The van der Waals surface area contributed by atoms with Crippen LogP contribution in [0, 0.1) is 0 Å². The van der Waals surface area contributed by atoms with Gasteiger partial charge < -0.3 is 14.6 Å². The summed E-state index contributed by atoms with van der Waals surface area (Å²) in [6, 6.07) is 6.32. The molecule has 0 spiro atoms. The van der Waals surface area contributed by atoms with E-state index < -0.39 is 12.1 Å². The van der Waals surface area contributed by atoms with Gasteiger partial charge >= 0.3 is 5.97 Å². The molecule has 4 heteroatoms. The molecule has 1 aromatic carbocycles. The maximum absolute atomic E-state index is 11.6. The molecule has 0 aliphatic carbocycles. The van der Waals surface area contributed by atoms with Crippen LogP contribution >= 0.6 is 0 Å². The topological polar surface area (TPSA) is 55.8 Å². The van der Waals surface area contributed by atoms with Crippen LogP contribution in [0.1, 0.15) is 25.5 Å². The normalized spacial score (nSPS) is 12.1. The van der Waals surface area contributed by atoms with Gasteiger partial charge in [0.05, 0.1) is 6.61 Å². The number of aromatic hydroxyl groups is 1. The molecule has 0 saturated heterocycles. The first-order valence-electron chi connectivity index (χ1n) is 5.26. The first kappa shape index (κ1) is 12.5. The molecule has 0 bridgehead atoms. The Balaban J connectivity index is 2.84. The SMILES string of the molecule is CCOC(=O)C(OCC)c1ccc(O)cc1. The molecule has 16 heavy (non-hydrogen) atoms. The van der Waals surface area contributed by atoms with Crippen LogP contribution in [0.4, 0.5) is 0 Å². The van der Waals surface area contributed by atoms with Crippen molar-refractivity contribution >= 4 is 5.97 Å². The van der Waals surface area contributed by atoms with Crippen molar-refractivity contribution in [2.45, 2.75) is 20.0 Å². The number of esters is 1. The summed E-state index contributed by atoms with van der Waals surface area (Å²) in [5.74, 6) is -0.252. The molecule has 0 aliphatic rings. The van der Waals surface area contributed by atoms with Crippen molar-refractivity contribution < 1.29 is 19.4 Å². The first-order valence-corrected chi connectivity index (χ1v) is 5.26. The first-order chi connectivity index (χ1) is 7.69. The molecule has 0 fully saturated rings. The Bertz CT molecular complexity index is 331. The Morgan fingerprint density at radius 2 is 1.88 bits per heavy atom. The van der Waals surface area contributed by atoms with Gasteiger partial charge in [0.25, 0.3) is 0 Å². The van der Waals surface area contributed by atoms with E-state index in [1.54, 1.807) is 19.1 Å². The largest absolute Gasteiger partial charge is 0.508 e. The Morgan fingerprint density at radius 3 is 2.38 bits per heavy atom. The summed E-state index contributed by atoms with van der Waals surface area (Å²) in [6.07, 6.45) is -0.717. The van der Waals surface area contributed by atoms with Gasteiger partial charge in [0.1, 0.15) is 5.75 Å². The number of rotatable bonds is 5. The lowest BCUT2D eigenvalue weighted by molar-refractivity contribution is -0.157. The molecule has 1 aromatic rings. The van der Waals surface area contributed by atoms with Crippen molar-refractivity contribution in [3.05, 3.63) is 29.8 Å². The second kappa shape index (κ2) is 6.12.